The van der Waals surface area contributed by atoms with Crippen molar-refractivity contribution in [2.45, 2.75) is 38.0 Å². The van der Waals surface area contributed by atoms with Gasteiger partial charge in [0, 0.05) is 24.2 Å². The molecule has 32 heavy (non-hydrogen) atoms. The van der Waals surface area contributed by atoms with Crippen LogP contribution in [0.5, 0.6) is 5.75 Å². The number of amides is 1. The molecule has 2 aromatic carbocycles. The molecule has 168 valence electrons. The van der Waals surface area contributed by atoms with Crippen molar-refractivity contribution in [3.63, 3.8) is 0 Å². The largest absolute Gasteiger partial charge is 0.497 e. The predicted molar refractivity (Wildman–Crippen MR) is 125 cm³/mol. The zero-order chi connectivity index (χ0) is 22.9. The Labute approximate surface area is 188 Å². The second-order valence-electron chi connectivity index (χ2n) is 8.08. The Hall–Kier alpha value is -2.97. The Morgan fingerprint density at radius 1 is 1.03 bits per heavy atom. The van der Waals surface area contributed by atoms with Gasteiger partial charge in [-0.1, -0.05) is 12.5 Å². The molecule has 1 saturated heterocycles. The molecule has 0 bridgehead atoms. The Morgan fingerprint density at radius 2 is 1.78 bits per heavy atom. The quantitative estimate of drug-likeness (QED) is 0.623. The predicted octanol–water partition coefficient (Wildman–Crippen LogP) is 4.29. The van der Waals surface area contributed by atoms with E-state index < -0.39 is 10.0 Å². The molecular formula is C24H27N3O4S. The number of fused-ring (bicyclic) bond motifs is 1. The highest BCUT2D eigenvalue weighted by molar-refractivity contribution is 7.89. The molecule has 7 nitrogen and oxygen atoms in total. The van der Waals surface area contributed by atoms with Crippen molar-refractivity contribution < 1.29 is 17.9 Å². The van der Waals surface area contributed by atoms with Crippen LogP contribution in [0.1, 0.15) is 40.9 Å². The molecule has 4 rings (SSSR count). The molecule has 1 aromatic heterocycles. The summed E-state index contributed by atoms with van der Waals surface area (Å²) in [4.78, 5) is 17.8. The molecule has 0 unspecified atom stereocenters. The van der Waals surface area contributed by atoms with E-state index in [0.717, 1.165) is 30.2 Å². The number of hydrogen-bond donors (Lipinski definition) is 1. The summed E-state index contributed by atoms with van der Waals surface area (Å²) < 4.78 is 33.1. The number of methoxy groups -OCH3 is 1. The van der Waals surface area contributed by atoms with Crippen LogP contribution in [0.4, 0.5) is 5.69 Å². The highest BCUT2D eigenvalue weighted by Crippen LogP contribution is 2.27. The lowest BCUT2D eigenvalue weighted by Gasteiger charge is -2.26. The number of piperidine rings is 1. The van der Waals surface area contributed by atoms with Crippen LogP contribution in [0, 0.1) is 13.8 Å². The molecule has 1 fully saturated rings. The number of benzene rings is 2. The van der Waals surface area contributed by atoms with Gasteiger partial charge in [0.15, 0.2) is 0 Å². The molecule has 1 N–H and O–H groups in total. The van der Waals surface area contributed by atoms with Gasteiger partial charge in [-0.25, -0.2) is 8.42 Å². The molecular weight excluding hydrogens is 426 g/mol. The Kier molecular flexibility index (Phi) is 6.17. The number of sulfonamides is 1. The van der Waals surface area contributed by atoms with E-state index in [4.69, 9.17) is 4.74 Å². The van der Waals surface area contributed by atoms with Crippen LogP contribution >= 0.6 is 0 Å². The first kappa shape index (κ1) is 22.2. The molecule has 0 spiro atoms. The zero-order valence-electron chi connectivity index (χ0n) is 18.5. The Morgan fingerprint density at radius 3 is 2.50 bits per heavy atom. The third kappa shape index (κ3) is 4.33. The lowest BCUT2D eigenvalue weighted by molar-refractivity contribution is 0.102. The summed E-state index contributed by atoms with van der Waals surface area (Å²) in [6.45, 7) is 4.61. The number of aromatic nitrogens is 1. The number of pyridine rings is 1. The number of carbonyl (C=O) groups is 1. The van der Waals surface area contributed by atoms with Gasteiger partial charge in [0.25, 0.3) is 5.91 Å². The standard InChI is InChI=1S/C24H27N3O4S/c1-16-7-8-19(15-23(16)32(29,30)27-11-5-4-6-12-27)26-24(28)21-14-18-13-20(31-3)9-10-22(18)25-17(21)2/h7-10,13-15H,4-6,11-12H2,1-3H3,(H,26,28). The third-order valence-electron chi connectivity index (χ3n) is 5.84. The van der Waals surface area contributed by atoms with Crippen LogP contribution in [-0.2, 0) is 10.0 Å². The maximum absolute atomic E-state index is 13.2. The highest BCUT2D eigenvalue weighted by Gasteiger charge is 2.27. The van der Waals surface area contributed by atoms with Gasteiger partial charge in [-0.2, -0.15) is 4.31 Å². The first-order chi connectivity index (χ1) is 15.3. The van der Waals surface area contributed by atoms with Crippen molar-refractivity contribution in [1.82, 2.24) is 9.29 Å². The lowest BCUT2D eigenvalue weighted by Crippen LogP contribution is -2.36. The second kappa shape index (κ2) is 8.88. The van der Waals surface area contributed by atoms with Gasteiger partial charge in [-0.15, -0.1) is 0 Å². The summed E-state index contributed by atoms with van der Waals surface area (Å²) in [5.74, 6) is 0.338. The van der Waals surface area contributed by atoms with Crippen LogP contribution < -0.4 is 10.1 Å². The van der Waals surface area contributed by atoms with E-state index in [1.165, 1.54) is 4.31 Å². The number of rotatable bonds is 5. The first-order valence-corrected chi connectivity index (χ1v) is 12.1. The van der Waals surface area contributed by atoms with Crippen LogP contribution in [0.15, 0.2) is 47.4 Å². The Balaban J connectivity index is 1.64. The summed E-state index contributed by atoms with van der Waals surface area (Å²) in [5.41, 5.74) is 2.87. The van der Waals surface area contributed by atoms with Crippen molar-refractivity contribution in [3.05, 3.63) is 59.3 Å². The first-order valence-electron chi connectivity index (χ1n) is 10.7. The molecule has 0 aliphatic carbocycles. The maximum Gasteiger partial charge on any atom is 0.257 e. The number of carbonyl (C=O) groups excluding carboxylic acids is 1. The third-order valence-corrected chi connectivity index (χ3v) is 7.88. The van der Waals surface area contributed by atoms with Gasteiger partial charge < -0.3 is 10.1 Å². The molecule has 1 amide bonds. The molecule has 2 heterocycles. The minimum Gasteiger partial charge on any atom is -0.497 e. The van der Waals surface area contributed by atoms with E-state index in [9.17, 15) is 13.2 Å². The molecule has 1 aliphatic heterocycles. The number of nitrogens with zero attached hydrogens (tertiary/aromatic N) is 2. The number of anilines is 1. The fraction of sp³-hybridized carbons (Fsp3) is 0.333. The molecule has 3 aromatic rings. The van der Waals surface area contributed by atoms with Crippen LogP contribution in [0.2, 0.25) is 0 Å². The minimum atomic E-state index is -3.60. The maximum atomic E-state index is 13.2. The topological polar surface area (TPSA) is 88.6 Å². The van der Waals surface area contributed by atoms with Crippen LogP contribution in [0.3, 0.4) is 0 Å². The van der Waals surface area contributed by atoms with Gasteiger partial charge in [0.2, 0.25) is 10.0 Å². The van der Waals surface area contributed by atoms with E-state index in [-0.39, 0.29) is 10.8 Å². The van der Waals surface area contributed by atoms with Crippen molar-refractivity contribution in [3.8, 4) is 5.75 Å². The summed E-state index contributed by atoms with van der Waals surface area (Å²) in [5, 5.41) is 3.63. The molecule has 1 aliphatic rings. The smallest absolute Gasteiger partial charge is 0.257 e. The van der Waals surface area contributed by atoms with Gasteiger partial charge in [0.05, 0.1) is 28.8 Å². The number of aryl methyl sites for hydroxylation is 2. The minimum absolute atomic E-state index is 0.232. The van der Waals surface area contributed by atoms with Crippen molar-refractivity contribution >= 4 is 32.5 Å². The van der Waals surface area contributed by atoms with E-state index in [2.05, 4.69) is 10.3 Å². The molecule has 0 radical (unpaired) electrons. The van der Waals surface area contributed by atoms with E-state index >= 15 is 0 Å². The summed E-state index contributed by atoms with van der Waals surface area (Å²) in [6.07, 6.45) is 2.79. The molecule has 8 heteroatoms. The average molecular weight is 454 g/mol. The van der Waals surface area contributed by atoms with Crippen LogP contribution in [0.25, 0.3) is 10.9 Å². The monoisotopic (exact) mass is 453 g/mol. The SMILES string of the molecule is COc1ccc2nc(C)c(C(=O)Nc3ccc(C)c(S(=O)(=O)N4CCCCC4)c3)cc2c1. The molecule has 0 saturated carbocycles. The van der Waals surface area contributed by atoms with E-state index in [1.807, 2.05) is 18.2 Å². The fourth-order valence-corrected chi connectivity index (χ4v) is 5.77. The van der Waals surface area contributed by atoms with Gasteiger partial charge in [-0.05, 0) is 68.7 Å². The number of nitrogens with one attached hydrogen (secondary N) is 1. The second-order valence-corrected chi connectivity index (χ2v) is 9.99. The number of ether oxygens (including phenoxy) is 1. The zero-order valence-corrected chi connectivity index (χ0v) is 19.3. The molecule has 0 atom stereocenters. The van der Waals surface area contributed by atoms with Gasteiger partial charge >= 0.3 is 0 Å². The van der Waals surface area contributed by atoms with Crippen molar-refractivity contribution in [2.24, 2.45) is 0 Å². The van der Waals surface area contributed by atoms with Crippen molar-refractivity contribution in [1.29, 1.82) is 0 Å². The summed E-state index contributed by atoms with van der Waals surface area (Å²) in [6, 6.07) is 12.3. The average Bonchev–Trinajstić information content (AvgIpc) is 2.80. The highest BCUT2D eigenvalue weighted by atomic mass is 32.2. The summed E-state index contributed by atoms with van der Waals surface area (Å²) >= 11 is 0. The van der Waals surface area contributed by atoms with Gasteiger partial charge in [-0.3, -0.25) is 9.78 Å². The normalized spacial score (nSPS) is 15.0. The van der Waals surface area contributed by atoms with E-state index in [1.54, 1.807) is 45.2 Å². The Bertz CT molecular complexity index is 1280. The summed E-state index contributed by atoms with van der Waals surface area (Å²) in [7, 11) is -2.02. The number of hydrogen-bond acceptors (Lipinski definition) is 5. The van der Waals surface area contributed by atoms with Crippen molar-refractivity contribution in [2.75, 3.05) is 25.5 Å². The lowest BCUT2D eigenvalue weighted by atomic mass is 10.1. The van der Waals surface area contributed by atoms with Gasteiger partial charge in [0.1, 0.15) is 5.75 Å². The van der Waals surface area contributed by atoms with Crippen LogP contribution in [-0.4, -0.2) is 43.8 Å². The van der Waals surface area contributed by atoms with E-state index in [0.29, 0.717) is 41.3 Å². The fourth-order valence-electron chi connectivity index (χ4n) is 4.01.